The summed E-state index contributed by atoms with van der Waals surface area (Å²) < 4.78 is 0. The van der Waals surface area contributed by atoms with Crippen molar-refractivity contribution in [2.45, 2.75) is 89.1 Å². The summed E-state index contributed by atoms with van der Waals surface area (Å²) in [6.45, 7) is 4.91. The highest BCUT2D eigenvalue weighted by atomic mass is 15.4. The number of hydrogen-bond acceptors (Lipinski definition) is 2. The first-order valence-corrected chi connectivity index (χ1v) is 9.16. The van der Waals surface area contributed by atoms with E-state index >= 15 is 0 Å². The van der Waals surface area contributed by atoms with Gasteiger partial charge in [0.2, 0.25) is 0 Å². The zero-order valence-corrected chi connectivity index (χ0v) is 13.4. The van der Waals surface area contributed by atoms with Gasteiger partial charge in [0.1, 0.15) is 0 Å². The SMILES string of the molecule is CC1CC2CCCC2(NNC23CCCC2CC(C)C3)C1. The third kappa shape index (κ3) is 1.98. The van der Waals surface area contributed by atoms with E-state index in [1.54, 1.807) is 0 Å². The number of hydrazine groups is 1. The maximum atomic E-state index is 3.96. The number of hydrogen-bond donors (Lipinski definition) is 2. The molecule has 114 valence electrons. The molecule has 0 aromatic rings. The average Bonchev–Trinajstić information content (AvgIpc) is 3.04. The Bertz CT molecular complexity index is 346. The van der Waals surface area contributed by atoms with Gasteiger partial charge in [0.15, 0.2) is 0 Å². The van der Waals surface area contributed by atoms with E-state index in [1.165, 1.54) is 64.2 Å². The van der Waals surface area contributed by atoms with Gasteiger partial charge in [-0.25, -0.2) is 0 Å². The number of nitrogens with one attached hydrogen (secondary N) is 2. The molecule has 0 aromatic heterocycles. The van der Waals surface area contributed by atoms with Crippen LogP contribution in [0.2, 0.25) is 0 Å². The average molecular weight is 276 g/mol. The Morgan fingerprint density at radius 3 is 1.65 bits per heavy atom. The molecule has 20 heavy (non-hydrogen) atoms. The van der Waals surface area contributed by atoms with Crippen molar-refractivity contribution in [1.82, 2.24) is 10.9 Å². The lowest BCUT2D eigenvalue weighted by atomic mass is 9.89. The van der Waals surface area contributed by atoms with Crippen molar-refractivity contribution in [1.29, 1.82) is 0 Å². The van der Waals surface area contributed by atoms with Crippen molar-refractivity contribution >= 4 is 0 Å². The third-order valence-corrected chi connectivity index (χ3v) is 7.27. The summed E-state index contributed by atoms with van der Waals surface area (Å²) in [6, 6.07) is 0. The Morgan fingerprint density at radius 2 is 1.20 bits per heavy atom. The number of rotatable bonds is 3. The van der Waals surface area contributed by atoms with E-state index in [4.69, 9.17) is 0 Å². The molecule has 4 rings (SSSR count). The maximum absolute atomic E-state index is 3.96. The predicted octanol–water partition coefficient (Wildman–Crippen LogP) is 4.02. The molecule has 0 saturated heterocycles. The van der Waals surface area contributed by atoms with Crippen LogP contribution in [0, 0.1) is 23.7 Å². The minimum absolute atomic E-state index is 0.452. The van der Waals surface area contributed by atoms with E-state index in [-0.39, 0.29) is 0 Å². The van der Waals surface area contributed by atoms with Gasteiger partial charge in [-0.1, -0.05) is 26.7 Å². The highest BCUT2D eigenvalue weighted by Crippen LogP contribution is 2.52. The van der Waals surface area contributed by atoms with Crippen LogP contribution in [0.4, 0.5) is 0 Å². The molecule has 0 heterocycles. The smallest absolute Gasteiger partial charge is 0.0354 e. The Morgan fingerprint density at radius 1 is 0.750 bits per heavy atom. The first kappa shape index (κ1) is 13.6. The molecule has 4 aliphatic carbocycles. The molecule has 0 radical (unpaired) electrons. The van der Waals surface area contributed by atoms with Crippen molar-refractivity contribution in [3.63, 3.8) is 0 Å². The summed E-state index contributed by atoms with van der Waals surface area (Å²) in [5.41, 5.74) is 8.83. The monoisotopic (exact) mass is 276 g/mol. The summed E-state index contributed by atoms with van der Waals surface area (Å²) >= 11 is 0. The van der Waals surface area contributed by atoms with Crippen molar-refractivity contribution < 1.29 is 0 Å². The second-order valence-corrected chi connectivity index (χ2v) is 8.83. The van der Waals surface area contributed by atoms with Gasteiger partial charge < -0.3 is 0 Å². The fourth-order valence-electron chi connectivity index (χ4n) is 6.57. The topological polar surface area (TPSA) is 24.1 Å². The highest BCUT2D eigenvalue weighted by Gasteiger charge is 2.53. The quantitative estimate of drug-likeness (QED) is 0.761. The van der Waals surface area contributed by atoms with Gasteiger partial charge in [-0.05, 0) is 75.0 Å². The minimum atomic E-state index is 0.452. The third-order valence-electron chi connectivity index (χ3n) is 7.27. The highest BCUT2D eigenvalue weighted by molar-refractivity contribution is 5.08. The maximum Gasteiger partial charge on any atom is 0.0354 e. The minimum Gasteiger partial charge on any atom is -0.251 e. The predicted molar refractivity (Wildman–Crippen MR) is 83.2 cm³/mol. The van der Waals surface area contributed by atoms with Crippen molar-refractivity contribution in [3.05, 3.63) is 0 Å². The Kier molecular flexibility index (Phi) is 3.20. The molecular formula is C18H32N2. The van der Waals surface area contributed by atoms with E-state index in [1.807, 2.05) is 0 Å². The lowest BCUT2D eigenvalue weighted by Crippen LogP contribution is -2.61. The van der Waals surface area contributed by atoms with Gasteiger partial charge >= 0.3 is 0 Å². The second-order valence-electron chi connectivity index (χ2n) is 8.83. The molecule has 2 heteroatoms. The normalized spacial score (nSPS) is 54.3. The summed E-state index contributed by atoms with van der Waals surface area (Å²) in [6.07, 6.45) is 14.4. The van der Waals surface area contributed by atoms with Gasteiger partial charge in [0, 0.05) is 11.1 Å². The molecule has 4 fully saturated rings. The van der Waals surface area contributed by atoms with Gasteiger partial charge in [-0.3, -0.25) is 10.9 Å². The summed E-state index contributed by atoms with van der Waals surface area (Å²) in [5.74, 6) is 3.74. The van der Waals surface area contributed by atoms with Crippen molar-refractivity contribution in [3.8, 4) is 0 Å². The van der Waals surface area contributed by atoms with Crippen LogP contribution < -0.4 is 10.9 Å². The standard InChI is InChI=1S/C18H32N2/c1-13-9-15-5-3-7-17(15,11-13)19-20-18-8-4-6-16(18)10-14(2)12-18/h13-16,19-20H,3-12H2,1-2H3. The molecule has 0 aromatic carbocycles. The Balaban J connectivity index is 1.47. The lowest BCUT2D eigenvalue weighted by Gasteiger charge is -2.39. The number of fused-ring (bicyclic) bond motifs is 2. The van der Waals surface area contributed by atoms with E-state index in [2.05, 4.69) is 24.7 Å². The molecule has 0 spiro atoms. The van der Waals surface area contributed by atoms with Gasteiger partial charge in [-0.15, -0.1) is 0 Å². The fraction of sp³-hybridized carbons (Fsp3) is 1.00. The van der Waals surface area contributed by atoms with E-state index in [9.17, 15) is 0 Å². The molecule has 4 saturated carbocycles. The van der Waals surface area contributed by atoms with E-state index in [0.29, 0.717) is 11.1 Å². The first-order valence-electron chi connectivity index (χ1n) is 9.16. The zero-order chi connectivity index (χ0) is 13.8. The fourth-order valence-corrected chi connectivity index (χ4v) is 6.57. The molecule has 6 atom stereocenters. The van der Waals surface area contributed by atoms with Crippen LogP contribution in [-0.2, 0) is 0 Å². The largest absolute Gasteiger partial charge is 0.251 e. The zero-order valence-electron chi connectivity index (χ0n) is 13.4. The van der Waals surface area contributed by atoms with Crippen LogP contribution in [0.1, 0.15) is 78.1 Å². The van der Waals surface area contributed by atoms with Gasteiger partial charge in [0.05, 0.1) is 0 Å². The molecular weight excluding hydrogens is 244 g/mol. The van der Waals surface area contributed by atoms with Crippen LogP contribution in [0.15, 0.2) is 0 Å². The molecule has 6 unspecified atom stereocenters. The molecule has 0 bridgehead atoms. The second kappa shape index (κ2) is 4.71. The summed E-state index contributed by atoms with van der Waals surface area (Å²) in [7, 11) is 0. The Labute approximate surface area is 124 Å². The molecule has 2 nitrogen and oxygen atoms in total. The Hall–Kier alpha value is -0.0800. The van der Waals surface area contributed by atoms with Crippen LogP contribution in [0.25, 0.3) is 0 Å². The molecule has 4 aliphatic rings. The van der Waals surface area contributed by atoms with Gasteiger partial charge in [-0.2, -0.15) is 0 Å². The van der Waals surface area contributed by atoms with Crippen LogP contribution in [-0.4, -0.2) is 11.1 Å². The summed E-state index contributed by atoms with van der Waals surface area (Å²) in [4.78, 5) is 0. The molecule has 0 amide bonds. The molecule has 0 aliphatic heterocycles. The van der Waals surface area contributed by atoms with Crippen molar-refractivity contribution in [2.24, 2.45) is 23.7 Å². The van der Waals surface area contributed by atoms with Crippen LogP contribution >= 0.6 is 0 Å². The van der Waals surface area contributed by atoms with Crippen LogP contribution in [0.5, 0.6) is 0 Å². The molecule has 2 N–H and O–H groups in total. The van der Waals surface area contributed by atoms with Crippen LogP contribution in [0.3, 0.4) is 0 Å². The lowest BCUT2D eigenvalue weighted by molar-refractivity contribution is 0.158. The summed E-state index contributed by atoms with van der Waals surface area (Å²) in [5, 5.41) is 0. The van der Waals surface area contributed by atoms with Crippen molar-refractivity contribution in [2.75, 3.05) is 0 Å². The van der Waals surface area contributed by atoms with Gasteiger partial charge in [0.25, 0.3) is 0 Å². The van der Waals surface area contributed by atoms with E-state index < -0.39 is 0 Å². The van der Waals surface area contributed by atoms with E-state index in [0.717, 1.165) is 23.7 Å². The first-order chi connectivity index (χ1) is 9.62.